The zero-order valence-corrected chi connectivity index (χ0v) is 15.3. The maximum atomic E-state index is 12.9. The summed E-state index contributed by atoms with van der Waals surface area (Å²) in [5, 5.41) is 14.5. The molecule has 0 fully saturated rings. The van der Waals surface area contributed by atoms with E-state index < -0.39 is 5.25 Å². The molecule has 0 bridgehead atoms. The second-order valence-electron chi connectivity index (χ2n) is 5.90. The van der Waals surface area contributed by atoms with Gasteiger partial charge in [-0.3, -0.25) is 4.79 Å². The molecule has 2 aromatic carbocycles. The molecule has 27 heavy (non-hydrogen) atoms. The van der Waals surface area contributed by atoms with Crippen LogP contribution in [0.25, 0.3) is 0 Å². The molecule has 138 valence electrons. The van der Waals surface area contributed by atoms with Crippen molar-refractivity contribution >= 4 is 17.7 Å². The summed E-state index contributed by atoms with van der Waals surface area (Å²) in [7, 11) is 1.74. The molecule has 0 saturated carbocycles. The highest BCUT2D eigenvalue weighted by atomic mass is 32.2. The fraction of sp³-hybridized carbons (Fsp3) is 0.222. The van der Waals surface area contributed by atoms with Gasteiger partial charge in [0.2, 0.25) is 17.9 Å². The lowest BCUT2D eigenvalue weighted by Crippen LogP contribution is -2.27. The summed E-state index contributed by atoms with van der Waals surface area (Å²) in [6.45, 7) is 0.611. The number of carbonyl (C=O) groups excluding carboxylic acids is 1. The summed E-state index contributed by atoms with van der Waals surface area (Å²) in [5.74, 6) is 1.30. The van der Waals surface area contributed by atoms with E-state index >= 15 is 0 Å². The van der Waals surface area contributed by atoms with Crippen molar-refractivity contribution in [3.8, 4) is 11.5 Å². The molecule has 1 N–H and O–H groups in total. The number of aromatic nitrogens is 4. The highest BCUT2D eigenvalue weighted by molar-refractivity contribution is 8.00. The predicted molar refractivity (Wildman–Crippen MR) is 98.2 cm³/mol. The molecule has 1 atom stereocenters. The molecule has 0 aliphatic carbocycles. The van der Waals surface area contributed by atoms with Crippen LogP contribution in [0.4, 0.5) is 0 Å². The number of nitrogens with one attached hydrogen (secondary N) is 1. The highest BCUT2D eigenvalue weighted by Gasteiger charge is 2.24. The smallest absolute Gasteiger partial charge is 0.238 e. The van der Waals surface area contributed by atoms with Crippen molar-refractivity contribution in [2.45, 2.75) is 17.0 Å². The number of rotatable bonds is 6. The number of aryl methyl sites for hydroxylation is 1. The Hall–Kier alpha value is -3.07. The Labute approximate surface area is 159 Å². The van der Waals surface area contributed by atoms with Crippen molar-refractivity contribution in [2.75, 3.05) is 6.79 Å². The molecule has 0 radical (unpaired) electrons. The van der Waals surface area contributed by atoms with Crippen LogP contribution in [0.5, 0.6) is 11.5 Å². The molecule has 0 spiro atoms. The van der Waals surface area contributed by atoms with Crippen LogP contribution in [-0.2, 0) is 18.4 Å². The number of benzene rings is 2. The summed E-state index contributed by atoms with van der Waals surface area (Å²) in [5.41, 5.74) is 1.82. The summed E-state index contributed by atoms with van der Waals surface area (Å²) in [6.07, 6.45) is 0. The van der Waals surface area contributed by atoms with Crippen LogP contribution in [0.2, 0.25) is 0 Å². The Morgan fingerprint density at radius 1 is 1.22 bits per heavy atom. The summed E-state index contributed by atoms with van der Waals surface area (Å²) < 4.78 is 12.2. The number of thioether (sulfide) groups is 1. The van der Waals surface area contributed by atoms with Crippen LogP contribution >= 0.6 is 11.8 Å². The number of tetrazole rings is 1. The van der Waals surface area contributed by atoms with Gasteiger partial charge in [-0.2, -0.15) is 0 Å². The van der Waals surface area contributed by atoms with Crippen molar-refractivity contribution in [3.63, 3.8) is 0 Å². The van der Waals surface area contributed by atoms with Crippen molar-refractivity contribution in [3.05, 3.63) is 59.7 Å². The number of ether oxygens (including phenoxy) is 2. The lowest BCUT2D eigenvalue weighted by Gasteiger charge is -2.16. The van der Waals surface area contributed by atoms with E-state index in [2.05, 4.69) is 20.8 Å². The first-order valence-corrected chi connectivity index (χ1v) is 9.19. The predicted octanol–water partition coefficient (Wildman–Crippen LogP) is 2.09. The van der Waals surface area contributed by atoms with Gasteiger partial charge in [0.05, 0.1) is 0 Å². The minimum Gasteiger partial charge on any atom is -0.454 e. The van der Waals surface area contributed by atoms with E-state index in [0.29, 0.717) is 17.5 Å². The molecule has 2 heterocycles. The van der Waals surface area contributed by atoms with Crippen molar-refractivity contribution < 1.29 is 14.3 Å². The molecule has 1 aliphatic rings. The zero-order chi connectivity index (χ0) is 18.6. The maximum absolute atomic E-state index is 12.9. The topological polar surface area (TPSA) is 91.2 Å². The fourth-order valence-corrected chi connectivity index (χ4v) is 3.63. The molecule has 8 nitrogen and oxygen atoms in total. The zero-order valence-electron chi connectivity index (χ0n) is 14.5. The van der Waals surface area contributed by atoms with Crippen LogP contribution in [0, 0.1) is 0 Å². The number of hydrogen-bond donors (Lipinski definition) is 1. The van der Waals surface area contributed by atoms with Crippen LogP contribution in [0.15, 0.2) is 53.7 Å². The Kier molecular flexibility index (Phi) is 4.93. The average Bonchev–Trinajstić information content (AvgIpc) is 3.33. The van der Waals surface area contributed by atoms with Crippen LogP contribution in [0.3, 0.4) is 0 Å². The van der Waals surface area contributed by atoms with Gasteiger partial charge < -0.3 is 14.8 Å². The second kappa shape index (κ2) is 7.67. The van der Waals surface area contributed by atoms with Crippen LogP contribution < -0.4 is 14.8 Å². The molecular weight excluding hydrogens is 366 g/mol. The first-order valence-electron chi connectivity index (χ1n) is 8.31. The third-order valence-corrected chi connectivity index (χ3v) is 5.33. The van der Waals surface area contributed by atoms with Crippen molar-refractivity contribution in [2.24, 2.45) is 7.05 Å². The van der Waals surface area contributed by atoms with Gasteiger partial charge in [-0.25, -0.2) is 4.68 Å². The normalized spacial score (nSPS) is 13.4. The first-order chi connectivity index (χ1) is 13.2. The van der Waals surface area contributed by atoms with E-state index in [1.54, 1.807) is 11.7 Å². The summed E-state index contributed by atoms with van der Waals surface area (Å²) in [4.78, 5) is 12.9. The molecular formula is C18H17N5O3S. The molecule has 1 aliphatic heterocycles. The van der Waals surface area contributed by atoms with Gasteiger partial charge in [0, 0.05) is 13.6 Å². The van der Waals surface area contributed by atoms with Gasteiger partial charge in [-0.15, -0.1) is 5.10 Å². The van der Waals surface area contributed by atoms with E-state index in [9.17, 15) is 4.79 Å². The van der Waals surface area contributed by atoms with Gasteiger partial charge >= 0.3 is 0 Å². The van der Waals surface area contributed by atoms with E-state index in [1.807, 2.05) is 48.5 Å². The minimum atomic E-state index is -0.468. The van der Waals surface area contributed by atoms with Crippen LogP contribution in [-0.4, -0.2) is 32.9 Å². The highest BCUT2D eigenvalue weighted by Crippen LogP contribution is 2.34. The minimum absolute atomic E-state index is 0.119. The largest absolute Gasteiger partial charge is 0.454 e. The average molecular weight is 383 g/mol. The number of carbonyl (C=O) groups is 1. The van der Waals surface area contributed by atoms with Crippen LogP contribution in [0.1, 0.15) is 16.4 Å². The number of fused-ring (bicyclic) bond motifs is 1. The van der Waals surface area contributed by atoms with Gasteiger partial charge in [0.15, 0.2) is 11.5 Å². The van der Waals surface area contributed by atoms with E-state index in [0.717, 1.165) is 16.9 Å². The lowest BCUT2D eigenvalue weighted by atomic mass is 10.1. The van der Waals surface area contributed by atoms with E-state index in [1.165, 1.54) is 11.8 Å². The summed E-state index contributed by atoms with van der Waals surface area (Å²) >= 11 is 1.31. The molecule has 9 heteroatoms. The Bertz CT molecular complexity index is 947. The Balaban J connectivity index is 1.49. The number of amides is 1. The van der Waals surface area contributed by atoms with Gasteiger partial charge in [-0.1, -0.05) is 48.2 Å². The van der Waals surface area contributed by atoms with Crippen molar-refractivity contribution in [1.29, 1.82) is 0 Å². The second-order valence-corrected chi connectivity index (χ2v) is 6.97. The Morgan fingerprint density at radius 3 is 2.81 bits per heavy atom. The maximum Gasteiger partial charge on any atom is 0.238 e. The van der Waals surface area contributed by atoms with Gasteiger partial charge in [0.25, 0.3) is 0 Å². The van der Waals surface area contributed by atoms with Gasteiger partial charge in [0.1, 0.15) is 5.25 Å². The SMILES string of the molecule is Cn1nnnc1SC(C(=O)NCc1ccc2c(c1)OCO2)c1ccccc1. The standard InChI is InChI=1S/C18H17N5O3S/c1-23-18(20-21-22-23)27-16(13-5-3-2-4-6-13)17(24)19-10-12-7-8-14-15(9-12)26-11-25-14/h2-9,16H,10-11H2,1H3,(H,19,24). The molecule has 1 amide bonds. The Morgan fingerprint density at radius 2 is 2.04 bits per heavy atom. The van der Waals surface area contributed by atoms with Gasteiger partial charge in [-0.05, 0) is 33.7 Å². The van der Waals surface area contributed by atoms with Crippen molar-refractivity contribution in [1.82, 2.24) is 25.5 Å². The summed E-state index contributed by atoms with van der Waals surface area (Å²) in [6, 6.07) is 15.2. The third-order valence-electron chi connectivity index (χ3n) is 4.05. The third kappa shape index (κ3) is 3.87. The number of nitrogens with zero attached hydrogens (tertiary/aromatic N) is 4. The number of hydrogen-bond acceptors (Lipinski definition) is 7. The molecule has 1 aromatic heterocycles. The first kappa shape index (κ1) is 17.3. The lowest BCUT2D eigenvalue weighted by molar-refractivity contribution is -0.120. The fourth-order valence-electron chi connectivity index (χ4n) is 2.66. The van der Waals surface area contributed by atoms with E-state index in [-0.39, 0.29) is 12.7 Å². The van der Waals surface area contributed by atoms with E-state index in [4.69, 9.17) is 9.47 Å². The molecule has 1 unspecified atom stereocenters. The quantitative estimate of drug-likeness (QED) is 0.652. The molecule has 0 saturated heterocycles. The monoisotopic (exact) mass is 383 g/mol. The molecule has 4 rings (SSSR count). The molecule has 3 aromatic rings.